The first-order valence-corrected chi connectivity index (χ1v) is 10.6. The second kappa shape index (κ2) is 8.20. The van der Waals surface area contributed by atoms with Crippen molar-refractivity contribution in [2.24, 2.45) is 0 Å². The van der Waals surface area contributed by atoms with Crippen molar-refractivity contribution < 1.29 is 18.1 Å². The summed E-state index contributed by atoms with van der Waals surface area (Å²) >= 11 is 0. The van der Waals surface area contributed by atoms with Gasteiger partial charge in [-0.2, -0.15) is 4.98 Å². The smallest absolute Gasteiger partial charge is 0.289 e. The first-order valence-electron chi connectivity index (χ1n) is 10.6. The molecule has 0 N–H and O–H groups in total. The maximum Gasteiger partial charge on any atom is 0.289 e. The number of carbonyl (C=O) groups is 1. The number of nitrogens with zero attached hydrogens (tertiary/aromatic N) is 4. The van der Waals surface area contributed by atoms with E-state index in [-0.39, 0.29) is 17.5 Å². The summed E-state index contributed by atoms with van der Waals surface area (Å²) in [6.07, 6.45) is 0. The number of aromatic nitrogens is 2. The molecule has 0 aliphatic carbocycles. The average molecular weight is 434 g/mol. The van der Waals surface area contributed by atoms with Crippen LogP contribution in [0.1, 0.15) is 27.6 Å². The number of aryl methyl sites for hydroxylation is 2. The average Bonchev–Trinajstić information content (AvgIpc) is 3.39. The Morgan fingerprint density at radius 3 is 2.56 bits per heavy atom. The van der Waals surface area contributed by atoms with E-state index in [9.17, 15) is 9.18 Å². The van der Waals surface area contributed by atoms with E-state index in [1.165, 1.54) is 17.7 Å². The lowest BCUT2D eigenvalue weighted by atomic mass is 10.1. The highest BCUT2D eigenvalue weighted by Gasteiger charge is 2.27. The molecule has 1 aliphatic rings. The van der Waals surface area contributed by atoms with Crippen LogP contribution >= 0.6 is 0 Å². The van der Waals surface area contributed by atoms with Gasteiger partial charge >= 0.3 is 0 Å². The predicted molar refractivity (Wildman–Crippen MR) is 117 cm³/mol. The maximum atomic E-state index is 13.6. The number of furan rings is 1. The summed E-state index contributed by atoms with van der Waals surface area (Å²) in [6, 6.07) is 12.3. The second-order valence-corrected chi connectivity index (χ2v) is 8.14. The van der Waals surface area contributed by atoms with Crippen molar-refractivity contribution in [3.63, 3.8) is 0 Å². The Morgan fingerprint density at radius 1 is 1.06 bits per heavy atom. The van der Waals surface area contributed by atoms with Gasteiger partial charge in [0.1, 0.15) is 11.4 Å². The normalized spacial score (nSPS) is 14.9. The summed E-state index contributed by atoms with van der Waals surface area (Å²) in [7, 11) is 0. The lowest BCUT2D eigenvalue weighted by Crippen LogP contribution is -2.48. The summed E-state index contributed by atoms with van der Waals surface area (Å²) in [5, 5.41) is 4.72. The van der Waals surface area contributed by atoms with E-state index < -0.39 is 0 Å². The molecule has 7 nitrogen and oxygen atoms in total. The van der Waals surface area contributed by atoms with E-state index in [0.29, 0.717) is 61.0 Å². The lowest BCUT2D eigenvalue weighted by Gasteiger charge is -2.33. The van der Waals surface area contributed by atoms with Crippen molar-refractivity contribution in [2.75, 3.05) is 26.2 Å². The summed E-state index contributed by atoms with van der Waals surface area (Å²) in [5.41, 5.74) is 3.28. The van der Waals surface area contributed by atoms with E-state index in [0.717, 1.165) is 5.56 Å². The van der Waals surface area contributed by atoms with Crippen LogP contribution in [0.4, 0.5) is 4.39 Å². The molecule has 3 heterocycles. The SMILES string of the molecule is Cc1ccc(-c2noc(CN3CCN(C(=O)c4oc5ccc(F)cc5c4C)CC3)n2)cc1. The fraction of sp³-hybridized carbons (Fsp3) is 0.292. The van der Waals surface area contributed by atoms with Gasteiger partial charge in [0, 0.05) is 42.7 Å². The van der Waals surface area contributed by atoms with Crippen molar-refractivity contribution in [2.45, 2.75) is 20.4 Å². The highest BCUT2D eigenvalue weighted by molar-refractivity contribution is 5.99. The van der Waals surface area contributed by atoms with E-state index in [1.54, 1.807) is 17.9 Å². The minimum Gasteiger partial charge on any atom is -0.451 e. The molecule has 0 radical (unpaired) electrons. The molecular weight excluding hydrogens is 411 g/mol. The molecule has 0 saturated carbocycles. The van der Waals surface area contributed by atoms with Crippen LogP contribution in [0, 0.1) is 19.7 Å². The van der Waals surface area contributed by atoms with Gasteiger partial charge in [0.25, 0.3) is 5.91 Å². The zero-order valence-corrected chi connectivity index (χ0v) is 18.0. The first kappa shape index (κ1) is 20.4. The van der Waals surface area contributed by atoms with Gasteiger partial charge in [-0.15, -0.1) is 0 Å². The Kier molecular flexibility index (Phi) is 5.22. The van der Waals surface area contributed by atoms with E-state index >= 15 is 0 Å². The molecule has 0 unspecified atom stereocenters. The third-order valence-corrected chi connectivity index (χ3v) is 5.89. The molecule has 2 aromatic carbocycles. The Hall–Kier alpha value is -3.52. The van der Waals surface area contributed by atoms with Gasteiger partial charge in [0.05, 0.1) is 6.54 Å². The zero-order valence-electron chi connectivity index (χ0n) is 18.0. The number of hydrogen-bond acceptors (Lipinski definition) is 6. The number of piperazine rings is 1. The summed E-state index contributed by atoms with van der Waals surface area (Å²) in [6.45, 7) is 6.83. The van der Waals surface area contributed by atoms with E-state index in [2.05, 4.69) is 15.0 Å². The minimum atomic E-state index is -0.347. The van der Waals surface area contributed by atoms with Crippen LogP contribution in [0.25, 0.3) is 22.4 Å². The van der Waals surface area contributed by atoms with Crippen LogP contribution in [0.3, 0.4) is 0 Å². The van der Waals surface area contributed by atoms with Crippen LogP contribution < -0.4 is 0 Å². The van der Waals surface area contributed by atoms with Crippen molar-refractivity contribution in [3.05, 3.63) is 71.1 Å². The summed E-state index contributed by atoms with van der Waals surface area (Å²) in [4.78, 5) is 21.5. The zero-order chi connectivity index (χ0) is 22.2. The molecule has 0 bridgehead atoms. The van der Waals surface area contributed by atoms with Gasteiger partial charge in [-0.1, -0.05) is 35.0 Å². The molecule has 164 valence electrons. The molecule has 0 atom stereocenters. The number of amides is 1. The first-order chi connectivity index (χ1) is 15.5. The Bertz CT molecular complexity index is 1270. The van der Waals surface area contributed by atoms with Crippen molar-refractivity contribution in [3.8, 4) is 11.4 Å². The van der Waals surface area contributed by atoms with Gasteiger partial charge in [-0.25, -0.2) is 4.39 Å². The quantitative estimate of drug-likeness (QED) is 0.479. The molecule has 1 amide bonds. The van der Waals surface area contributed by atoms with Crippen LogP contribution in [0.15, 0.2) is 51.4 Å². The number of halogens is 1. The van der Waals surface area contributed by atoms with Crippen LogP contribution in [0.2, 0.25) is 0 Å². The van der Waals surface area contributed by atoms with Gasteiger partial charge < -0.3 is 13.8 Å². The number of carbonyl (C=O) groups excluding carboxylic acids is 1. The molecule has 2 aromatic heterocycles. The highest BCUT2D eigenvalue weighted by Crippen LogP contribution is 2.27. The number of fused-ring (bicyclic) bond motifs is 1. The highest BCUT2D eigenvalue weighted by atomic mass is 19.1. The molecule has 1 fully saturated rings. The fourth-order valence-electron chi connectivity index (χ4n) is 3.98. The topological polar surface area (TPSA) is 75.6 Å². The van der Waals surface area contributed by atoms with Gasteiger partial charge in [0.2, 0.25) is 11.7 Å². The Morgan fingerprint density at radius 2 is 1.81 bits per heavy atom. The van der Waals surface area contributed by atoms with Crippen molar-refractivity contribution >= 4 is 16.9 Å². The second-order valence-electron chi connectivity index (χ2n) is 8.14. The van der Waals surface area contributed by atoms with E-state index in [4.69, 9.17) is 8.94 Å². The van der Waals surface area contributed by atoms with Gasteiger partial charge in [0.15, 0.2) is 5.76 Å². The molecule has 32 heavy (non-hydrogen) atoms. The van der Waals surface area contributed by atoms with Crippen molar-refractivity contribution in [1.82, 2.24) is 19.9 Å². The molecule has 4 aromatic rings. The van der Waals surface area contributed by atoms with E-state index in [1.807, 2.05) is 31.2 Å². The number of benzene rings is 2. The molecule has 1 aliphatic heterocycles. The molecular formula is C24H23FN4O3. The van der Waals surface area contributed by atoms with Crippen LogP contribution in [-0.4, -0.2) is 52.0 Å². The standard InChI is InChI=1S/C24H23FN4O3/c1-15-3-5-17(6-4-15)23-26-21(32-27-23)14-28-9-11-29(12-10-28)24(30)22-16(2)19-13-18(25)7-8-20(19)31-22/h3-8,13H,9-12,14H2,1-2H3. The predicted octanol–water partition coefficient (Wildman–Crippen LogP) is 4.20. The summed E-state index contributed by atoms with van der Waals surface area (Å²) in [5.74, 6) is 0.888. The maximum absolute atomic E-state index is 13.6. The van der Waals surface area contributed by atoms with Crippen LogP contribution in [0.5, 0.6) is 0 Å². The molecule has 8 heteroatoms. The third kappa shape index (κ3) is 3.89. The third-order valence-electron chi connectivity index (χ3n) is 5.89. The van der Waals surface area contributed by atoms with Crippen molar-refractivity contribution in [1.29, 1.82) is 0 Å². The fourth-order valence-corrected chi connectivity index (χ4v) is 3.98. The van der Waals surface area contributed by atoms with Crippen LogP contribution in [-0.2, 0) is 6.54 Å². The molecule has 5 rings (SSSR count). The monoisotopic (exact) mass is 434 g/mol. The molecule has 1 saturated heterocycles. The largest absolute Gasteiger partial charge is 0.451 e. The van der Waals surface area contributed by atoms with Gasteiger partial charge in [-0.3, -0.25) is 9.69 Å². The Balaban J connectivity index is 1.22. The number of hydrogen-bond donors (Lipinski definition) is 0. The van der Waals surface area contributed by atoms with Gasteiger partial charge in [-0.05, 0) is 32.0 Å². The molecule has 0 spiro atoms. The lowest BCUT2D eigenvalue weighted by molar-refractivity contribution is 0.0586. The summed E-state index contributed by atoms with van der Waals surface area (Å²) < 4.78 is 24.7. The number of rotatable bonds is 4. The minimum absolute atomic E-state index is 0.168. The Labute approximate surface area is 184 Å².